The number of aliphatic carboxylic acids is 1. The van der Waals surface area contributed by atoms with Crippen LogP contribution in [0, 0.1) is 0 Å². The van der Waals surface area contributed by atoms with Gasteiger partial charge in [-0.15, -0.1) is 11.3 Å². The molecular weight excluding hydrogens is 218 g/mol. The number of amides is 1. The molecule has 0 aliphatic rings. The summed E-state index contributed by atoms with van der Waals surface area (Å²) < 4.78 is 0. The molecule has 82 valence electrons. The fourth-order valence-electron chi connectivity index (χ4n) is 1.12. The first-order valence-electron chi connectivity index (χ1n) is 4.17. The quantitative estimate of drug-likeness (QED) is 0.686. The average Bonchev–Trinajstić information content (AvgIpc) is 2.53. The van der Waals surface area contributed by atoms with Crippen LogP contribution in [0.1, 0.15) is 5.69 Å². The van der Waals surface area contributed by atoms with Gasteiger partial charge in [0.1, 0.15) is 0 Å². The highest BCUT2D eigenvalue weighted by molar-refractivity contribution is 7.07. The van der Waals surface area contributed by atoms with Crippen LogP contribution in [0.25, 0.3) is 0 Å². The van der Waals surface area contributed by atoms with Gasteiger partial charge in [0, 0.05) is 11.9 Å². The average molecular weight is 229 g/mol. The number of nitrogens with zero attached hydrogens (tertiary/aromatic N) is 2. The molecule has 0 aromatic carbocycles. The van der Waals surface area contributed by atoms with Crippen LogP contribution in [0.4, 0.5) is 0 Å². The summed E-state index contributed by atoms with van der Waals surface area (Å²) in [5.74, 6) is -1.54. The highest BCUT2D eigenvalue weighted by atomic mass is 32.1. The van der Waals surface area contributed by atoms with Gasteiger partial charge < -0.3 is 10.8 Å². The van der Waals surface area contributed by atoms with Gasteiger partial charge in [-0.3, -0.25) is 14.5 Å². The van der Waals surface area contributed by atoms with Crippen LogP contribution in [-0.4, -0.2) is 40.0 Å². The summed E-state index contributed by atoms with van der Waals surface area (Å²) in [7, 11) is 0. The lowest BCUT2D eigenvalue weighted by atomic mass is 10.4. The minimum atomic E-state index is -0.994. The molecule has 0 aliphatic carbocycles. The Morgan fingerprint density at radius 3 is 2.73 bits per heavy atom. The van der Waals surface area contributed by atoms with Crippen molar-refractivity contribution in [3.8, 4) is 0 Å². The fraction of sp³-hybridized carbons (Fsp3) is 0.375. The minimum Gasteiger partial charge on any atom is -0.480 e. The number of carboxylic acid groups (broad SMARTS) is 1. The molecule has 0 fully saturated rings. The summed E-state index contributed by atoms with van der Waals surface area (Å²) in [6, 6.07) is 0. The summed E-state index contributed by atoms with van der Waals surface area (Å²) >= 11 is 1.42. The molecule has 3 N–H and O–H groups in total. The molecule has 1 aromatic heterocycles. The van der Waals surface area contributed by atoms with Gasteiger partial charge in [-0.25, -0.2) is 4.98 Å². The van der Waals surface area contributed by atoms with Crippen molar-refractivity contribution in [2.75, 3.05) is 13.1 Å². The molecule has 0 radical (unpaired) electrons. The normalized spacial score (nSPS) is 10.5. The third-order valence-corrected chi connectivity index (χ3v) is 2.24. The van der Waals surface area contributed by atoms with Crippen LogP contribution in [0.3, 0.4) is 0 Å². The van der Waals surface area contributed by atoms with Crippen LogP contribution in [0.15, 0.2) is 10.9 Å². The first kappa shape index (κ1) is 11.6. The van der Waals surface area contributed by atoms with Gasteiger partial charge in [0.2, 0.25) is 5.91 Å². The Bertz CT molecular complexity index is 323. The van der Waals surface area contributed by atoms with Crippen molar-refractivity contribution in [1.82, 2.24) is 9.88 Å². The van der Waals surface area contributed by atoms with E-state index in [-0.39, 0.29) is 13.1 Å². The molecule has 0 spiro atoms. The topological polar surface area (TPSA) is 96.5 Å². The van der Waals surface area contributed by atoms with E-state index < -0.39 is 11.9 Å². The van der Waals surface area contributed by atoms with E-state index in [0.717, 1.165) is 5.69 Å². The van der Waals surface area contributed by atoms with Gasteiger partial charge in [0.15, 0.2) is 0 Å². The lowest BCUT2D eigenvalue weighted by molar-refractivity contribution is -0.138. The standard InChI is InChI=1S/C8H11N3O3S/c9-7(12)2-11(3-8(13)14)1-6-4-15-5-10-6/h4-5H,1-3H2,(H2,9,12)(H,13,14). The zero-order valence-corrected chi connectivity index (χ0v) is 8.74. The van der Waals surface area contributed by atoms with Gasteiger partial charge in [-0.1, -0.05) is 0 Å². The molecule has 1 heterocycles. The second kappa shape index (κ2) is 5.42. The number of hydrogen-bond acceptors (Lipinski definition) is 5. The zero-order chi connectivity index (χ0) is 11.3. The van der Waals surface area contributed by atoms with Crippen LogP contribution in [0.2, 0.25) is 0 Å². The maximum atomic E-state index is 10.7. The Kier molecular flexibility index (Phi) is 4.19. The van der Waals surface area contributed by atoms with Crippen LogP contribution >= 0.6 is 11.3 Å². The van der Waals surface area contributed by atoms with Crippen molar-refractivity contribution in [2.24, 2.45) is 5.73 Å². The fourth-order valence-corrected chi connectivity index (χ4v) is 1.67. The number of hydrogen-bond donors (Lipinski definition) is 2. The third-order valence-electron chi connectivity index (χ3n) is 1.61. The molecule has 0 unspecified atom stereocenters. The number of primary amides is 1. The molecule has 6 nitrogen and oxygen atoms in total. The SMILES string of the molecule is NC(=O)CN(CC(=O)O)Cc1cscn1. The first-order chi connectivity index (χ1) is 7.08. The molecule has 0 saturated heterocycles. The molecule has 1 aromatic rings. The Labute approximate surface area is 90.3 Å². The molecule has 1 rings (SSSR count). The van der Waals surface area contributed by atoms with Crippen molar-refractivity contribution >= 4 is 23.2 Å². The molecule has 0 bridgehead atoms. The third kappa shape index (κ3) is 4.52. The second-order valence-corrected chi connectivity index (χ2v) is 3.70. The number of carbonyl (C=O) groups is 2. The van der Waals surface area contributed by atoms with Gasteiger partial charge in [-0.2, -0.15) is 0 Å². The van der Waals surface area contributed by atoms with E-state index in [9.17, 15) is 9.59 Å². The summed E-state index contributed by atoms with van der Waals surface area (Å²) in [5, 5.41) is 10.4. The summed E-state index contributed by atoms with van der Waals surface area (Å²) in [5.41, 5.74) is 7.40. The van der Waals surface area contributed by atoms with Crippen molar-refractivity contribution in [3.63, 3.8) is 0 Å². The predicted molar refractivity (Wildman–Crippen MR) is 54.2 cm³/mol. The van der Waals surface area contributed by atoms with Crippen LogP contribution in [-0.2, 0) is 16.1 Å². The molecular formula is C8H11N3O3S. The minimum absolute atomic E-state index is 0.0795. The molecule has 7 heteroatoms. The van der Waals surface area contributed by atoms with E-state index in [2.05, 4.69) is 4.98 Å². The van der Waals surface area contributed by atoms with Gasteiger partial charge in [0.05, 0.1) is 24.3 Å². The van der Waals surface area contributed by atoms with E-state index in [1.807, 2.05) is 0 Å². The van der Waals surface area contributed by atoms with Crippen molar-refractivity contribution in [2.45, 2.75) is 6.54 Å². The number of carbonyl (C=O) groups excluding carboxylic acids is 1. The lowest BCUT2D eigenvalue weighted by Crippen LogP contribution is -2.36. The van der Waals surface area contributed by atoms with E-state index in [1.165, 1.54) is 16.2 Å². The highest BCUT2D eigenvalue weighted by Gasteiger charge is 2.13. The molecule has 15 heavy (non-hydrogen) atoms. The van der Waals surface area contributed by atoms with Gasteiger partial charge in [0.25, 0.3) is 0 Å². The monoisotopic (exact) mass is 229 g/mol. The zero-order valence-electron chi connectivity index (χ0n) is 7.92. The second-order valence-electron chi connectivity index (χ2n) is 2.98. The summed E-state index contributed by atoms with van der Waals surface area (Å²) in [4.78, 5) is 26.6. The summed E-state index contributed by atoms with van der Waals surface area (Å²) in [6.45, 7) is 0.0169. The highest BCUT2D eigenvalue weighted by Crippen LogP contribution is 2.04. The van der Waals surface area contributed by atoms with Crippen LogP contribution in [0.5, 0.6) is 0 Å². The van der Waals surface area contributed by atoms with Crippen LogP contribution < -0.4 is 5.73 Å². The number of carboxylic acids is 1. The van der Waals surface area contributed by atoms with E-state index in [4.69, 9.17) is 10.8 Å². The van der Waals surface area contributed by atoms with Gasteiger partial charge >= 0.3 is 5.97 Å². The smallest absolute Gasteiger partial charge is 0.317 e. The summed E-state index contributed by atoms with van der Waals surface area (Å²) in [6.07, 6.45) is 0. The lowest BCUT2D eigenvalue weighted by Gasteiger charge is -2.16. The number of rotatable bonds is 6. The largest absolute Gasteiger partial charge is 0.480 e. The molecule has 1 amide bonds. The Hall–Kier alpha value is -1.47. The first-order valence-corrected chi connectivity index (χ1v) is 5.11. The Balaban J connectivity index is 2.55. The molecule has 0 atom stereocenters. The van der Waals surface area contributed by atoms with E-state index >= 15 is 0 Å². The number of aromatic nitrogens is 1. The predicted octanol–water partition coefficient (Wildman–Crippen LogP) is -0.485. The van der Waals surface area contributed by atoms with Crippen molar-refractivity contribution < 1.29 is 14.7 Å². The Morgan fingerprint density at radius 2 is 2.27 bits per heavy atom. The molecule has 0 saturated carbocycles. The van der Waals surface area contributed by atoms with Gasteiger partial charge in [-0.05, 0) is 0 Å². The maximum Gasteiger partial charge on any atom is 0.317 e. The number of thiazole rings is 1. The molecule has 0 aliphatic heterocycles. The van der Waals surface area contributed by atoms with E-state index in [1.54, 1.807) is 10.9 Å². The Morgan fingerprint density at radius 1 is 1.53 bits per heavy atom. The van der Waals surface area contributed by atoms with Crippen molar-refractivity contribution in [3.05, 3.63) is 16.6 Å². The van der Waals surface area contributed by atoms with E-state index in [0.29, 0.717) is 6.54 Å². The number of nitrogens with two attached hydrogens (primary N) is 1. The maximum absolute atomic E-state index is 10.7. The van der Waals surface area contributed by atoms with Crippen molar-refractivity contribution in [1.29, 1.82) is 0 Å².